The number of hydrogen-bond donors (Lipinski definition) is 1. The number of rotatable bonds is 4. The van der Waals surface area contributed by atoms with Gasteiger partial charge in [-0.15, -0.1) is 0 Å². The highest BCUT2D eigenvalue weighted by Crippen LogP contribution is 2.29. The monoisotopic (exact) mass is 270 g/mol. The van der Waals surface area contributed by atoms with Crippen LogP contribution in [-0.4, -0.2) is 17.1 Å². The van der Waals surface area contributed by atoms with E-state index in [0.29, 0.717) is 10.6 Å². The van der Waals surface area contributed by atoms with Gasteiger partial charge >= 0.3 is 0 Å². The fourth-order valence-corrected chi connectivity index (χ4v) is 2.41. The van der Waals surface area contributed by atoms with Crippen molar-refractivity contribution in [3.05, 3.63) is 38.9 Å². The van der Waals surface area contributed by atoms with Gasteiger partial charge in [-0.05, 0) is 25.3 Å². The van der Waals surface area contributed by atoms with Crippen molar-refractivity contribution in [2.75, 3.05) is 0 Å². The van der Waals surface area contributed by atoms with E-state index in [2.05, 4.69) is 0 Å². The molecule has 2 rings (SSSR count). The lowest BCUT2D eigenvalue weighted by Gasteiger charge is -2.12. The Hall–Kier alpha value is -1.17. The second-order valence-corrected chi connectivity index (χ2v) is 4.91. The zero-order valence-electron chi connectivity index (χ0n) is 9.84. The van der Waals surface area contributed by atoms with Crippen molar-refractivity contribution in [1.82, 2.24) is 0 Å². The molecule has 18 heavy (non-hydrogen) atoms. The maximum Gasteiger partial charge on any atom is 0.276 e. The third-order valence-electron chi connectivity index (χ3n) is 3.18. The fourth-order valence-electron chi connectivity index (χ4n) is 2.19. The molecule has 0 amide bonds. The van der Waals surface area contributed by atoms with Crippen LogP contribution in [0.2, 0.25) is 5.02 Å². The zero-order chi connectivity index (χ0) is 13.1. The number of halogens is 1. The first-order chi connectivity index (χ1) is 8.58. The van der Waals surface area contributed by atoms with Gasteiger partial charge in [0, 0.05) is 12.1 Å². The smallest absolute Gasteiger partial charge is 0.276 e. The highest BCUT2D eigenvalue weighted by atomic mass is 35.5. The van der Waals surface area contributed by atoms with E-state index in [1.807, 2.05) is 0 Å². The molecule has 2 unspecified atom stereocenters. The molecule has 0 aliphatic heterocycles. The van der Waals surface area contributed by atoms with Crippen molar-refractivity contribution in [2.45, 2.75) is 38.0 Å². The minimum Gasteiger partial charge on any atom is -0.373 e. The van der Waals surface area contributed by atoms with Gasteiger partial charge in [-0.25, -0.2) is 0 Å². The predicted octanol–water partition coefficient (Wildman–Crippen LogP) is 2.64. The molecule has 0 heterocycles. The summed E-state index contributed by atoms with van der Waals surface area (Å²) in [5.74, 6) is 0. The molecule has 0 radical (unpaired) electrons. The molecular formula is C12H15ClN2O3. The first-order valence-electron chi connectivity index (χ1n) is 5.87. The number of benzene rings is 1. The van der Waals surface area contributed by atoms with Crippen molar-refractivity contribution in [2.24, 2.45) is 5.73 Å². The molecular weight excluding hydrogens is 256 g/mol. The standard InChI is InChI=1S/C12H15ClN2O3/c13-11-2-1-3-12(15(16)17)10(11)7-18-9-5-4-8(14)6-9/h1-3,8-9H,4-7,14H2. The van der Waals surface area contributed by atoms with Crippen LogP contribution in [0, 0.1) is 10.1 Å². The molecule has 1 aliphatic carbocycles. The molecule has 1 saturated carbocycles. The highest BCUT2D eigenvalue weighted by molar-refractivity contribution is 6.31. The molecule has 1 aromatic carbocycles. The predicted molar refractivity (Wildman–Crippen MR) is 68.5 cm³/mol. The van der Waals surface area contributed by atoms with Gasteiger partial charge in [0.05, 0.1) is 28.2 Å². The van der Waals surface area contributed by atoms with E-state index in [1.165, 1.54) is 6.07 Å². The van der Waals surface area contributed by atoms with Gasteiger partial charge in [0.2, 0.25) is 0 Å². The molecule has 0 bridgehead atoms. The summed E-state index contributed by atoms with van der Waals surface area (Å²) in [6, 6.07) is 4.81. The Balaban J connectivity index is 2.06. The molecule has 1 aromatic rings. The van der Waals surface area contributed by atoms with Crippen LogP contribution in [-0.2, 0) is 11.3 Å². The molecule has 5 nitrogen and oxygen atoms in total. The number of nitrogens with two attached hydrogens (primary N) is 1. The van der Waals surface area contributed by atoms with Crippen molar-refractivity contribution in [3.8, 4) is 0 Å². The summed E-state index contributed by atoms with van der Waals surface area (Å²) in [6.07, 6.45) is 2.73. The second-order valence-electron chi connectivity index (χ2n) is 4.50. The van der Waals surface area contributed by atoms with Crippen molar-refractivity contribution in [3.63, 3.8) is 0 Å². The highest BCUT2D eigenvalue weighted by Gasteiger charge is 2.24. The van der Waals surface area contributed by atoms with Gasteiger partial charge in [-0.1, -0.05) is 17.7 Å². The SMILES string of the molecule is NC1CCC(OCc2c(Cl)cccc2[N+](=O)[O-])C1. The van der Waals surface area contributed by atoms with E-state index in [4.69, 9.17) is 22.1 Å². The number of hydrogen-bond acceptors (Lipinski definition) is 4. The first kappa shape index (κ1) is 13.3. The van der Waals surface area contributed by atoms with Crippen molar-refractivity contribution < 1.29 is 9.66 Å². The Bertz CT molecular complexity index is 453. The average molecular weight is 271 g/mol. The lowest BCUT2D eigenvalue weighted by atomic mass is 10.2. The van der Waals surface area contributed by atoms with E-state index in [0.717, 1.165) is 19.3 Å². The lowest BCUT2D eigenvalue weighted by molar-refractivity contribution is -0.386. The van der Waals surface area contributed by atoms with Gasteiger partial charge in [0.25, 0.3) is 5.69 Å². The van der Waals surface area contributed by atoms with Crippen LogP contribution in [0.25, 0.3) is 0 Å². The summed E-state index contributed by atoms with van der Waals surface area (Å²) in [5.41, 5.74) is 6.23. The number of ether oxygens (including phenoxy) is 1. The van der Waals surface area contributed by atoms with Crippen LogP contribution in [0.3, 0.4) is 0 Å². The Kier molecular flexibility index (Phi) is 4.16. The normalized spacial score (nSPS) is 23.2. The third-order valence-corrected chi connectivity index (χ3v) is 3.53. The lowest BCUT2D eigenvalue weighted by Crippen LogP contribution is -2.17. The minimum atomic E-state index is -0.440. The summed E-state index contributed by atoms with van der Waals surface area (Å²) in [7, 11) is 0. The summed E-state index contributed by atoms with van der Waals surface area (Å²) >= 11 is 5.98. The Morgan fingerprint density at radius 3 is 2.89 bits per heavy atom. The van der Waals surface area contributed by atoms with Gasteiger partial charge < -0.3 is 10.5 Å². The molecule has 1 aliphatic rings. The topological polar surface area (TPSA) is 78.4 Å². The van der Waals surface area contributed by atoms with Crippen LogP contribution in [0.5, 0.6) is 0 Å². The zero-order valence-corrected chi connectivity index (χ0v) is 10.6. The van der Waals surface area contributed by atoms with E-state index in [1.54, 1.807) is 12.1 Å². The number of nitro benzene ring substituents is 1. The van der Waals surface area contributed by atoms with E-state index in [-0.39, 0.29) is 24.4 Å². The van der Waals surface area contributed by atoms with Gasteiger partial charge in [-0.3, -0.25) is 10.1 Å². The van der Waals surface area contributed by atoms with Gasteiger partial charge in [0.1, 0.15) is 0 Å². The molecule has 0 aromatic heterocycles. The molecule has 6 heteroatoms. The molecule has 0 spiro atoms. The average Bonchev–Trinajstić information content (AvgIpc) is 2.73. The third kappa shape index (κ3) is 2.98. The quantitative estimate of drug-likeness (QED) is 0.674. The van der Waals surface area contributed by atoms with Gasteiger partial charge in [-0.2, -0.15) is 0 Å². The summed E-state index contributed by atoms with van der Waals surface area (Å²) in [6.45, 7) is 0.160. The van der Waals surface area contributed by atoms with Crippen molar-refractivity contribution >= 4 is 17.3 Å². The maximum absolute atomic E-state index is 10.9. The molecule has 98 valence electrons. The Morgan fingerprint density at radius 2 is 2.28 bits per heavy atom. The van der Waals surface area contributed by atoms with E-state index >= 15 is 0 Å². The van der Waals surface area contributed by atoms with Crippen LogP contribution < -0.4 is 5.73 Å². The van der Waals surface area contributed by atoms with Gasteiger partial charge in [0.15, 0.2) is 0 Å². The molecule has 2 atom stereocenters. The van der Waals surface area contributed by atoms with Crippen LogP contribution in [0.1, 0.15) is 24.8 Å². The fraction of sp³-hybridized carbons (Fsp3) is 0.500. The summed E-state index contributed by atoms with van der Waals surface area (Å²) < 4.78 is 5.66. The number of nitro groups is 1. The Labute approximate surface area is 110 Å². The van der Waals surface area contributed by atoms with Crippen LogP contribution in [0.15, 0.2) is 18.2 Å². The first-order valence-corrected chi connectivity index (χ1v) is 6.24. The van der Waals surface area contributed by atoms with Crippen LogP contribution >= 0.6 is 11.6 Å². The minimum absolute atomic E-state index is 0.00444. The maximum atomic E-state index is 10.9. The van der Waals surface area contributed by atoms with E-state index in [9.17, 15) is 10.1 Å². The summed E-state index contributed by atoms with van der Waals surface area (Å²) in [5, 5.41) is 11.3. The molecule has 2 N–H and O–H groups in total. The molecule has 0 saturated heterocycles. The number of nitrogens with zero attached hydrogens (tertiary/aromatic N) is 1. The van der Waals surface area contributed by atoms with E-state index < -0.39 is 4.92 Å². The summed E-state index contributed by atoms with van der Waals surface area (Å²) in [4.78, 5) is 10.5. The Morgan fingerprint density at radius 1 is 1.50 bits per heavy atom. The molecule has 1 fully saturated rings. The van der Waals surface area contributed by atoms with Crippen LogP contribution in [0.4, 0.5) is 5.69 Å². The largest absolute Gasteiger partial charge is 0.373 e. The second kappa shape index (κ2) is 5.65. The van der Waals surface area contributed by atoms with Crippen molar-refractivity contribution in [1.29, 1.82) is 0 Å².